The fourth-order valence-electron chi connectivity index (χ4n) is 2.63. The summed E-state index contributed by atoms with van der Waals surface area (Å²) >= 11 is 0. The van der Waals surface area contributed by atoms with Gasteiger partial charge in [0.15, 0.2) is 13.2 Å². The Morgan fingerprint density at radius 2 is 1.66 bits per heavy atom. The van der Waals surface area contributed by atoms with Crippen LogP contribution in [0.4, 0.5) is 5.69 Å². The zero-order valence-corrected chi connectivity index (χ0v) is 17.9. The van der Waals surface area contributed by atoms with Crippen LogP contribution in [0.3, 0.4) is 0 Å². The number of anilines is 1. The third-order valence-electron chi connectivity index (χ3n) is 4.19. The van der Waals surface area contributed by atoms with Crippen molar-refractivity contribution in [2.24, 2.45) is 0 Å². The maximum atomic E-state index is 12.2. The lowest BCUT2D eigenvalue weighted by Gasteiger charge is -2.18. The van der Waals surface area contributed by atoms with E-state index in [0.717, 1.165) is 0 Å². The first kappa shape index (κ1) is 24.2. The van der Waals surface area contributed by atoms with Gasteiger partial charge in [-0.1, -0.05) is 18.2 Å². The van der Waals surface area contributed by atoms with Crippen molar-refractivity contribution in [2.75, 3.05) is 38.7 Å². The van der Waals surface area contributed by atoms with Gasteiger partial charge in [0.1, 0.15) is 11.5 Å². The Morgan fingerprint density at radius 3 is 2.28 bits per heavy atom. The van der Waals surface area contributed by atoms with Crippen LogP contribution in [0.1, 0.15) is 10.4 Å². The number of nitrogens with zero attached hydrogens (tertiary/aromatic N) is 1. The molecule has 8 nitrogen and oxygen atoms in total. The molecule has 0 spiro atoms. The molecule has 0 heterocycles. The van der Waals surface area contributed by atoms with Crippen LogP contribution in [-0.2, 0) is 14.3 Å². The molecule has 0 saturated carbocycles. The molecule has 2 aromatic rings. The maximum Gasteiger partial charge on any atom is 0.338 e. The molecule has 0 atom stereocenters. The molecule has 0 fully saturated rings. The van der Waals surface area contributed by atoms with Crippen LogP contribution in [0.25, 0.3) is 0 Å². The van der Waals surface area contributed by atoms with Crippen LogP contribution in [-0.4, -0.2) is 56.1 Å². The van der Waals surface area contributed by atoms with Gasteiger partial charge in [0.05, 0.1) is 12.7 Å². The van der Waals surface area contributed by atoms with E-state index in [0.29, 0.717) is 30.3 Å². The smallest absolute Gasteiger partial charge is 0.338 e. The molecule has 0 aliphatic carbocycles. The number of nitrogens with one attached hydrogen (secondary N) is 1. The van der Waals surface area contributed by atoms with E-state index in [1.54, 1.807) is 55.7 Å². The molecule has 0 radical (unpaired) electrons. The molecule has 0 aromatic heterocycles. The summed E-state index contributed by atoms with van der Waals surface area (Å²) in [6.45, 7) is 7.25. The Kier molecular flexibility index (Phi) is 9.52. The van der Waals surface area contributed by atoms with Gasteiger partial charge in [-0.05, 0) is 36.4 Å². The first-order chi connectivity index (χ1) is 15.5. The predicted molar refractivity (Wildman–Crippen MR) is 121 cm³/mol. The minimum absolute atomic E-state index is 0.210. The van der Waals surface area contributed by atoms with Gasteiger partial charge in [-0.15, -0.1) is 13.2 Å². The number of methoxy groups -OCH3 is 1. The van der Waals surface area contributed by atoms with Gasteiger partial charge in [-0.25, -0.2) is 4.79 Å². The Labute approximate surface area is 187 Å². The van der Waals surface area contributed by atoms with Crippen molar-refractivity contribution < 1.29 is 28.6 Å². The first-order valence-corrected chi connectivity index (χ1v) is 9.80. The molecule has 0 aliphatic rings. The van der Waals surface area contributed by atoms with Gasteiger partial charge < -0.3 is 24.4 Å². The fourth-order valence-corrected chi connectivity index (χ4v) is 2.63. The highest BCUT2D eigenvalue weighted by Crippen LogP contribution is 2.17. The first-order valence-electron chi connectivity index (χ1n) is 9.80. The van der Waals surface area contributed by atoms with Crippen molar-refractivity contribution in [1.82, 2.24) is 4.90 Å². The second-order valence-corrected chi connectivity index (χ2v) is 6.55. The maximum absolute atomic E-state index is 12.2. The topological polar surface area (TPSA) is 94.2 Å². The number of hydrogen-bond donors (Lipinski definition) is 1. The van der Waals surface area contributed by atoms with E-state index in [2.05, 4.69) is 18.5 Å². The second-order valence-electron chi connectivity index (χ2n) is 6.55. The number of hydrogen-bond acceptors (Lipinski definition) is 6. The molecular formula is C24H26N2O6. The van der Waals surface area contributed by atoms with Crippen LogP contribution in [0.15, 0.2) is 73.8 Å². The molecule has 0 aliphatic heterocycles. The van der Waals surface area contributed by atoms with Crippen LogP contribution in [0, 0.1) is 0 Å². The van der Waals surface area contributed by atoms with Crippen molar-refractivity contribution in [3.05, 3.63) is 79.4 Å². The lowest BCUT2D eigenvalue weighted by molar-refractivity contribution is -0.133. The van der Waals surface area contributed by atoms with Gasteiger partial charge in [0.2, 0.25) is 0 Å². The lowest BCUT2D eigenvalue weighted by Crippen LogP contribution is -2.35. The van der Waals surface area contributed by atoms with E-state index in [1.807, 2.05) is 0 Å². The number of amides is 2. The largest absolute Gasteiger partial charge is 0.497 e. The van der Waals surface area contributed by atoms with Gasteiger partial charge in [0.25, 0.3) is 11.8 Å². The van der Waals surface area contributed by atoms with Crippen molar-refractivity contribution in [2.45, 2.75) is 0 Å². The van der Waals surface area contributed by atoms with Gasteiger partial charge >= 0.3 is 5.97 Å². The quantitative estimate of drug-likeness (QED) is 0.404. The van der Waals surface area contributed by atoms with Crippen molar-refractivity contribution in [1.29, 1.82) is 0 Å². The van der Waals surface area contributed by atoms with Crippen LogP contribution in [0.2, 0.25) is 0 Å². The lowest BCUT2D eigenvalue weighted by atomic mass is 10.2. The molecule has 0 bridgehead atoms. The molecule has 8 heteroatoms. The molecular weight excluding hydrogens is 412 g/mol. The SMILES string of the molecule is C=CCN(CC=C)C(=O)COC(=O)c1ccc(OCC(=O)Nc2cccc(OC)c2)cc1. The zero-order chi connectivity index (χ0) is 23.3. The van der Waals surface area contributed by atoms with Crippen molar-refractivity contribution >= 4 is 23.5 Å². The minimum Gasteiger partial charge on any atom is -0.497 e. The minimum atomic E-state index is -0.641. The summed E-state index contributed by atoms with van der Waals surface area (Å²) in [5.74, 6) is -0.301. The van der Waals surface area contributed by atoms with Gasteiger partial charge in [-0.2, -0.15) is 0 Å². The van der Waals surface area contributed by atoms with E-state index in [4.69, 9.17) is 14.2 Å². The van der Waals surface area contributed by atoms with Gasteiger partial charge in [-0.3, -0.25) is 9.59 Å². The summed E-state index contributed by atoms with van der Waals surface area (Å²) in [6, 6.07) is 13.0. The Hall–Kier alpha value is -4.07. The molecule has 0 saturated heterocycles. The highest BCUT2D eigenvalue weighted by atomic mass is 16.5. The predicted octanol–water partition coefficient (Wildman–Crippen LogP) is 3.07. The number of carbonyl (C=O) groups is 3. The van der Waals surface area contributed by atoms with E-state index in [1.165, 1.54) is 17.0 Å². The van der Waals surface area contributed by atoms with E-state index >= 15 is 0 Å². The molecule has 1 N–H and O–H groups in total. The normalized spacial score (nSPS) is 9.91. The zero-order valence-electron chi connectivity index (χ0n) is 17.9. The molecule has 32 heavy (non-hydrogen) atoms. The average molecular weight is 438 g/mol. The fraction of sp³-hybridized carbons (Fsp3) is 0.208. The standard InChI is InChI=1S/C24H26N2O6/c1-4-13-26(14-5-2)23(28)17-32-24(29)18-9-11-20(12-10-18)31-16-22(27)25-19-7-6-8-21(15-19)30-3/h4-12,15H,1-2,13-14,16-17H2,3H3,(H,25,27). The highest BCUT2D eigenvalue weighted by Gasteiger charge is 2.15. The van der Waals surface area contributed by atoms with Crippen LogP contribution in [0.5, 0.6) is 11.5 Å². The Balaban J connectivity index is 1.82. The molecule has 0 unspecified atom stereocenters. The third kappa shape index (κ3) is 7.64. The molecule has 2 rings (SSSR count). The number of esters is 1. The molecule has 2 aromatic carbocycles. The highest BCUT2D eigenvalue weighted by molar-refractivity contribution is 5.92. The van der Waals surface area contributed by atoms with E-state index in [9.17, 15) is 14.4 Å². The Bertz CT molecular complexity index is 945. The summed E-state index contributed by atoms with van der Waals surface area (Å²) < 4.78 is 15.6. The monoisotopic (exact) mass is 438 g/mol. The van der Waals surface area contributed by atoms with Gasteiger partial charge in [0, 0.05) is 24.8 Å². The molecule has 2 amide bonds. The number of ether oxygens (including phenoxy) is 3. The van der Waals surface area contributed by atoms with Crippen molar-refractivity contribution in [3.8, 4) is 11.5 Å². The van der Waals surface area contributed by atoms with Crippen molar-refractivity contribution in [3.63, 3.8) is 0 Å². The third-order valence-corrected chi connectivity index (χ3v) is 4.19. The summed E-state index contributed by atoms with van der Waals surface area (Å²) in [4.78, 5) is 37.8. The number of carbonyl (C=O) groups excluding carboxylic acids is 3. The van der Waals surface area contributed by atoms with Crippen LogP contribution < -0.4 is 14.8 Å². The number of rotatable bonds is 12. The average Bonchev–Trinajstić information content (AvgIpc) is 2.81. The summed E-state index contributed by atoms with van der Waals surface area (Å²) in [5.41, 5.74) is 0.843. The second kappa shape index (κ2) is 12.6. The number of benzene rings is 2. The Morgan fingerprint density at radius 1 is 0.969 bits per heavy atom. The van der Waals surface area contributed by atoms with E-state index in [-0.39, 0.29) is 30.6 Å². The summed E-state index contributed by atoms with van der Waals surface area (Å²) in [6.07, 6.45) is 3.16. The molecule has 168 valence electrons. The van der Waals surface area contributed by atoms with Crippen LogP contribution >= 0.6 is 0 Å². The van der Waals surface area contributed by atoms with E-state index < -0.39 is 5.97 Å². The summed E-state index contributed by atoms with van der Waals surface area (Å²) in [5, 5.41) is 2.70. The summed E-state index contributed by atoms with van der Waals surface area (Å²) in [7, 11) is 1.54.